The molecular weight excluding hydrogens is 475 g/mol. The van der Waals surface area contributed by atoms with Gasteiger partial charge in [-0.3, -0.25) is 9.59 Å². The van der Waals surface area contributed by atoms with Crippen molar-refractivity contribution in [1.82, 2.24) is 15.1 Å². The van der Waals surface area contributed by atoms with Crippen molar-refractivity contribution < 1.29 is 14.4 Å². The number of nitrogens with one attached hydrogen (secondary N) is 2. The molecule has 0 aliphatic carbocycles. The average molecular weight is 498 g/mol. The Labute approximate surface area is 201 Å². The Kier molecular flexibility index (Phi) is 8.23. The molecule has 7 nitrogen and oxygen atoms in total. The summed E-state index contributed by atoms with van der Waals surface area (Å²) in [6, 6.07) is 10.7. The van der Waals surface area contributed by atoms with E-state index in [1.807, 2.05) is 0 Å². The van der Waals surface area contributed by atoms with Gasteiger partial charge in [0.25, 0.3) is 5.91 Å². The maximum atomic E-state index is 12.9. The lowest BCUT2D eigenvalue weighted by atomic mass is 10.2. The first-order valence-corrected chi connectivity index (χ1v) is 11.2. The lowest BCUT2D eigenvalue weighted by Gasteiger charge is -2.25. The van der Waals surface area contributed by atoms with Crippen molar-refractivity contribution in [3.8, 4) is 0 Å². The first-order valence-electron chi connectivity index (χ1n) is 10.1. The largest absolute Gasteiger partial charge is 0.340 e. The van der Waals surface area contributed by atoms with Gasteiger partial charge in [0.05, 0.1) is 15.6 Å². The summed E-state index contributed by atoms with van der Waals surface area (Å²) in [5, 5.41) is 6.43. The third-order valence-corrected chi connectivity index (χ3v) is 6.14. The van der Waals surface area contributed by atoms with Crippen LogP contribution in [0.4, 0.5) is 10.5 Å². The first-order chi connectivity index (χ1) is 15.3. The molecule has 32 heavy (non-hydrogen) atoms. The molecule has 0 aromatic heterocycles. The second kappa shape index (κ2) is 10.9. The number of halogens is 3. The van der Waals surface area contributed by atoms with Crippen LogP contribution in [0.15, 0.2) is 42.5 Å². The molecular formula is C22H23Cl3N4O3. The minimum Gasteiger partial charge on any atom is -0.340 e. The lowest BCUT2D eigenvalue weighted by Crippen LogP contribution is -2.48. The minimum absolute atomic E-state index is 0.141. The lowest BCUT2D eigenvalue weighted by molar-refractivity contribution is -0.132. The highest BCUT2D eigenvalue weighted by Crippen LogP contribution is 2.25. The monoisotopic (exact) mass is 496 g/mol. The van der Waals surface area contributed by atoms with E-state index in [1.165, 1.54) is 0 Å². The molecule has 1 atom stereocenters. The quantitative estimate of drug-likeness (QED) is 0.651. The predicted octanol–water partition coefficient (Wildman–Crippen LogP) is 4.53. The van der Waals surface area contributed by atoms with Gasteiger partial charge in [0.1, 0.15) is 6.04 Å². The summed E-state index contributed by atoms with van der Waals surface area (Å²) in [6.07, 6.45) is 0.621. The fourth-order valence-electron chi connectivity index (χ4n) is 3.40. The Morgan fingerprint density at radius 1 is 0.938 bits per heavy atom. The topological polar surface area (TPSA) is 81.8 Å². The van der Waals surface area contributed by atoms with Crippen LogP contribution in [0, 0.1) is 0 Å². The van der Waals surface area contributed by atoms with E-state index in [0.29, 0.717) is 43.3 Å². The molecule has 3 rings (SSSR count). The Morgan fingerprint density at radius 2 is 1.62 bits per heavy atom. The Balaban J connectivity index is 1.55. The molecule has 1 unspecified atom stereocenters. The van der Waals surface area contributed by atoms with Crippen LogP contribution in [-0.4, -0.2) is 59.9 Å². The molecule has 1 heterocycles. The summed E-state index contributed by atoms with van der Waals surface area (Å²) in [5.74, 6) is -0.704. The average Bonchev–Trinajstić information content (AvgIpc) is 3.01. The fourth-order valence-corrected chi connectivity index (χ4v) is 3.98. The first kappa shape index (κ1) is 24.2. The molecule has 1 saturated heterocycles. The number of urea groups is 1. The van der Waals surface area contributed by atoms with Gasteiger partial charge in [-0.25, -0.2) is 4.79 Å². The van der Waals surface area contributed by atoms with Gasteiger partial charge in [-0.15, -0.1) is 0 Å². The van der Waals surface area contributed by atoms with E-state index in [1.54, 1.807) is 59.2 Å². The van der Waals surface area contributed by atoms with Crippen LogP contribution < -0.4 is 10.6 Å². The van der Waals surface area contributed by atoms with E-state index >= 15 is 0 Å². The van der Waals surface area contributed by atoms with Gasteiger partial charge in [-0.1, -0.05) is 46.9 Å². The van der Waals surface area contributed by atoms with Crippen molar-refractivity contribution >= 4 is 58.3 Å². The summed E-state index contributed by atoms with van der Waals surface area (Å²) in [4.78, 5) is 41.3. The minimum atomic E-state index is -0.760. The van der Waals surface area contributed by atoms with Gasteiger partial charge >= 0.3 is 6.03 Å². The Hall–Kier alpha value is -2.48. The third kappa shape index (κ3) is 6.06. The summed E-state index contributed by atoms with van der Waals surface area (Å²) >= 11 is 18.0. The molecule has 10 heteroatoms. The van der Waals surface area contributed by atoms with Crippen LogP contribution in [0.3, 0.4) is 0 Å². The summed E-state index contributed by atoms with van der Waals surface area (Å²) in [6.45, 7) is 3.35. The highest BCUT2D eigenvalue weighted by molar-refractivity contribution is 6.43. The van der Waals surface area contributed by atoms with Crippen molar-refractivity contribution in [3.05, 3.63) is 63.1 Å². The second-order valence-electron chi connectivity index (χ2n) is 7.40. The van der Waals surface area contributed by atoms with Crippen molar-refractivity contribution in [2.75, 3.05) is 31.5 Å². The zero-order valence-corrected chi connectivity index (χ0v) is 19.7. The number of carbonyl (C=O) groups is 3. The third-order valence-electron chi connectivity index (χ3n) is 5.08. The SMILES string of the molecule is CC(NC(=O)c1cccc(Cl)c1Cl)C(=O)N1CCCN(C(=O)Nc2cccc(Cl)c2)CC1. The number of hydrogen-bond acceptors (Lipinski definition) is 3. The summed E-state index contributed by atoms with van der Waals surface area (Å²) in [5.41, 5.74) is 0.814. The fraction of sp³-hybridized carbons (Fsp3) is 0.318. The van der Waals surface area contributed by atoms with Gasteiger partial charge in [0, 0.05) is 36.9 Å². The standard InChI is InChI=1S/C22H23Cl3N4O3/c1-14(26-20(30)17-7-3-8-18(24)19(17)25)21(31)28-9-4-10-29(12-11-28)22(32)27-16-6-2-5-15(23)13-16/h2-3,5-8,13-14H,4,9-12H2,1H3,(H,26,30)(H,27,32). The number of amides is 4. The second-order valence-corrected chi connectivity index (χ2v) is 8.62. The Morgan fingerprint density at radius 3 is 2.38 bits per heavy atom. The highest BCUT2D eigenvalue weighted by atomic mass is 35.5. The van der Waals surface area contributed by atoms with Gasteiger partial charge in [0.15, 0.2) is 0 Å². The van der Waals surface area contributed by atoms with Gasteiger partial charge in [0.2, 0.25) is 5.91 Å². The number of rotatable bonds is 4. The van der Waals surface area contributed by atoms with Crippen LogP contribution in [-0.2, 0) is 4.79 Å². The van der Waals surface area contributed by atoms with Crippen LogP contribution >= 0.6 is 34.8 Å². The molecule has 0 saturated carbocycles. The van der Waals surface area contributed by atoms with E-state index in [-0.39, 0.29) is 27.5 Å². The van der Waals surface area contributed by atoms with E-state index in [9.17, 15) is 14.4 Å². The van der Waals surface area contributed by atoms with Crippen LogP contribution in [0.2, 0.25) is 15.1 Å². The van der Waals surface area contributed by atoms with Gasteiger partial charge in [-0.05, 0) is 43.7 Å². The number of carbonyl (C=O) groups excluding carboxylic acids is 3. The maximum Gasteiger partial charge on any atom is 0.321 e. The van der Waals surface area contributed by atoms with Crippen LogP contribution in [0.5, 0.6) is 0 Å². The smallest absolute Gasteiger partial charge is 0.321 e. The molecule has 0 spiro atoms. The van der Waals surface area contributed by atoms with Crippen LogP contribution in [0.25, 0.3) is 0 Å². The number of anilines is 1. The van der Waals surface area contributed by atoms with Crippen molar-refractivity contribution in [2.45, 2.75) is 19.4 Å². The van der Waals surface area contributed by atoms with Gasteiger partial charge < -0.3 is 20.4 Å². The van der Waals surface area contributed by atoms with E-state index in [0.717, 1.165) is 0 Å². The molecule has 0 radical (unpaired) electrons. The normalized spacial score (nSPS) is 15.0. The summed E-state index contributed by atoms with van der Waals surface area (Å²) in [7, 11) is 0. The zero-order valence-electron chi connectivity index (χ0n) is 17.4. The molecule has 1 aliphatic heterocycles. The van der Waals surface area contributed by atoms with E-state index < -0.39 is 11.9 Å². The van der Waals surface area contributed by atoms with E-state index in [4.69, 9.17) is 34.8 Å². The molecule has 1 aliphatic rings. The highest BCUT2D eigenvalue weighted by Gasteiger charge is 2.27. The predicted molar refractivity (Wildman–Crippen MR) is 127 cm³/mol. The molecule has 2 N–H and O–H groups in total. The number of benzene rings is 2. The van der Waals surface area contributed by atoms with Gasteiger partial charge in [-0.2, -0.15) is 0 Å². The number of hydrogen-bond donors (Lipinski definition) is 2. The van der Waals surface area contributed by atoms with Crippen molar-refractivity contribution in [3.63, 3.8) is 0 Å². The van der Waals surface area contributed by atoms with Crippen molar-refractivity contribution in [1.29, 1.82) is 0 Å². The van der Waals surface area contributed by atoms with E-state index in [2.05, 4.69) is 10.6 Å². The molecule has 2 aromatic rings. The molecule has 1 fully saturated rings. The molecule has 0 bridgehead atoms. The Bertz CT molecular complexity index is 1020. The summed E-state index contributed by atoms with van der Waals surface area (Å²) < 4.78 is 0. The zero-order chi connectivity index (χ0) is 23.3. The van der Waals surface area contributed by atoms with Crippen LogP contribution in [0.1, 0.15) is 23.7 Å². The van der Waals surface area contributed by atoms with Crippen molar-refractivity contribution in [2.24, 2.45) is 0 Å². The molecule has 170 valence electrons. The molecule has 4 amide bonds. The number of nitrogens with zero attached hydrogens (tertiary/aromatic N) is 2. The molecule has 2 aromatic carbocycles. The maximum absolute atomic E-state index is 12.9.